The number of alkyl halides is 2. The van der Waals surface area contributed by atoms with Gasteiger partial charge >= 0.3 is 12.6 Å². The molecule has 1 fully saturated rings. The Kier molecular flexibility index (Phi) is 9.06. The fourth-order valence-corrected chi connectivity index (χ4v) is 6.79. The number of carbonyl (C=O) groups is 1. The normalized spacial score (nSPS) is 25.3. The van der Waals surface area contributed by atoms with E-state index in [0.29, 0.717) is 28.6 Å². The molecule has 0 unspecified atom stereocenters. The average molecular weight is 603 g/mol. The van der Waals surface area contributed by atoms with E-state index < -0.39 is 49.4 Å². The van der Waals surface area contributed by atoms with E-state index in [9.17, 15) is 9.90 Å². The quantitative estimate of drug-likeness (QED) is 0.169. The van der Waals surface area contributed by atoms with Gasteiger partial charge in [0.1, 0.15) is 29.3 Å². The molecule has 2 aromatic heterocycles. The molecule has 1 aliphatic rings. The average Bonchev–Trinajstić information content (AvgIpc) is 3.45. The summed E-state index contributed by atoms with van der Waals surface area (Å²) in [6, 6.07) is 7.69. The van der Waals surface area contributed by atoms with E-state index in [-0.39, 0.29) is 5.88 Å². The third-order valence-corrected chi connectivity index (χ3v) is 9.03. The number of para-hydroxylation sites is 1. The third kappa shape index (κ3) is 6.02. The number of rotatable bonds is 11. The second-order valence-electron chi connectivity index (χ2n) is 8.84. The Morgan fingerprint density at radius 3 is 2.74 bits per heavy atom. The third-order valence-electron chi connectivity index (χ3n) is 6.09. The highest BCUT2D eigenvalue weighted by Gasteiger charge is 2.57. The van der Waals surface area contributed by atoms with Crippen molar-refractivity contribution in [1.29, 1.82) is 0 Å². The second kappa shape index (κ2) is 12.0. The molecule has 3 aromatic rings. The highest BCUT2D eigenvalue weighted by Crippen LogP contribution is 2.49. The molecule has 1 saturated heterocycles. The number of fused-ring (bicyclic) bond motifs is 1. The number of halogens is 2. The number of carbonyl (C=O) groups excluding carboxylic acids is 1. The summed E-state index contributed by atoms with van der Waals surface area (Å²) in [6.07, 6.45) is -3.60. The van der Waals surface area contributed by atoms with Crippen LogP contribution in [0.2, 0.25) is 0 Å². The molecule has 0 bridgehead atoms. The van der Waals surface area contributed by atoms with Crippen molar-refractivity contribution in [2.45, 2.75) is 44.0 Å². The van der Waals surface area contributed by atoms with Crippen LogP contribution in [0.5, 0.6) is 5.75 Å². The number of aliphatic hydroxyl groups is 1. The summed E-state index contributed by atoms with van der Waals surface area (Å²) in [6.45, 7) is -0.729. The van der Waals surface area contributed by atoms with E-state index >= 15 is 4.39 Å². The van der Waals surface area contributed by atoms with Crippen molar-refractivity contribution in [3.8, 4) is 5.75 Å². The van der Waals surface area contributed by atoms with Gasteiger partial charge in [0.25, 0.3) is 0 Å². The molecule has 3 N–H and O–H groups in total. The van der Waals surface area contributed by atoms with Gasteiger partial charge in [0.05, 0.1) is 25.9 Å². The van der Waals surface area contributed by atoms with E-state index in [1.54, 1.807) is 44.3 Å². The molecule has 3 heterocycles. The molecule has 6 atom stereocenters. The molecule has 16 heteroatoms. The molecule has 39 heavy (non-hydrogen) atoms. The van der Waals surface area contributed by atoms with Crippen molar-refractivity contribution in [2.75, 3.05) is 32.0 Å². The van der Waals surface area contributed by atoms with Gasteiger partial charge in [0.2, 0.25) is 0 Å². The predicted octanol–water partition coefficient (Wildman–Crippen LogP) is 2.85. The molecule has 12 nitrogen and oxygen atoms in total. The van der Waals surface area contributed by atoms with Crippen LogP contribution in [0.4, 0.5) is 10.2 Å². The highest BCUT2D eigenvalue weighted by molar-refractivity contribution is 8.09. The number of benzene rings is 1. The van der Waals surface area contributed by atoms with Crippen molar-refractivity contribution in [3.05, 3.63) is 42.5 Å². The lowest BCUT2D eigenvalue weighted by Gasteiger charge is -2.33. The number of esters is 1. The Balaban J connectivity index is 1.62. The zero-order valence-corrected chi connectivity index (χ0v) is 24.0. The number of aryl methyl sites for hydroxylation is 1. The number of imidazole rings is 1. The van der Waals surface area contributed by atoms with E-state index in [1.807, 2.05) is 0 Å². The summed E-state index contributed by atoms with van der Waals surface area (Å²) in [5.41, 5.74) is -1.01. The minimum atomic E-state index is -3.49. The van der Waals surface area contributed by atoms with Gasteiger partial charge in [-0.25, -0.2) is 24.4 Å². The molecule has 0 spiro atoms. The summed E-state index contributed by atoms with van der Waals surface area (Å²) in [5.74, 6) is 0.323. The number of hydrogen-bond acceptors (Lipinski definition) is 11. The summed E-state index contributed by atoms with van der Waals surface area (Å²) >= 11 is 11.9. The van der Waals surface area contributed by atoms with Crippen molar-refractivity contribution in [2.24, 2.45) is 0 Å². The molecular formula is C23H29ClFN6O6PS. The van der Waals surface area contributed by atoms with E-state index in [4.69, 9.17) is 41.9 Å². The van der Waals surface area contributed by atoms with Gasteiger partial charge in [-0.05, 0) is 37.8 Å². The van der Waals surface area contributed by atoms with Gasteiger partial charge in [-0.2, -0.15) is 0 Å². The number of ether oxygens (including phenoxy) is 2. The van der Waals surface area contributed by atoms with Gasteiger partial charge in [-0.1, -0.05) is 18.2 Å². The zero-order valence-electron chi connectivity index (χ0n) is 21.6. The number of nitrogens with one attached hydrogen (secondary N) is 2. The molecular weight excluding hydrogens is 574 g/mol. The molecule has 4 rings (SSSR count). The first-order chi connectivity index (χ1) is 18.6. The van der Waals surface area contributed by atoms with Crippen LogP contribution < -0.4 is 14.9 Å². The summed E-state index contributed by atoms with van der Waals surface area (Å²) < 4.78 is 39.8. The summed E-state index contributed by atoms with van der Waals surface area (Å²) in [5, 5.41) is 16.8. The van der Waals surface area contributed by atoms with Gasteiger partial charge in [0, 0.05) is 7.05 Å². The summed E-state index contributed by atoms with van der Waals surface area (Å²) in [4.78, 5) is 25.0. The predicted molar refractivity (Wildman–Crippen MR) is 146 cm³/mol. The van der Waals surface area contributed by atoms with Crippen LogP contribution in [-0.2, 0) is 30.6 Å². The minimum Gasteiger partial charge on any atom is -0.468 e. The van der Waals surface area contributed by atoms with Gasteiger partial charge < -0.3 is 28.9 Å². The number of nitrogens with zero attached hydrogens (tertiary/aromatic N) is 4. The van der Waals surface area contributed by atoms with Crippen LogP contribution in [0.25, 0.3) is 11.2 Å². The molecule has 0 radical (unpaired) electrons. The van der Waals surface area contributed by atoms with Gasteiger partial charge in [-0.15, -0.1) is 11.6 Å². The SMILES string of the molecule is CNc1nc(C)nc2c1ncn2[C@@H]1O[C@](CCl)(CO[P@](=S)(N[C@H](C)C(=O)OC)Oc2ccccc2)[C@@H](O)[C@@H]1F. The number of aromatic nitrogens is 4. The van der Waals surface area contributed by atoms with Crippen LogP contribution in [0.15, 0.2) is 36.7 Å². The Morgan fingerprint density at radius 2 is 2.10 bits per heavy atom. The summed E-state index contributed by atoms with van der Waals surface area (Å²) in [7, 11) is 2.92. The van der Waals surface area contributed by atoms with E-state index in [0.717, 1.165) is 0 Å². The van der Waals surface area contributed by atoms with E-state index in [1.165, 1.54) is 24.9 Å². The minimum absolute atomic E-state index is 0.309. The first kappa shape index (κ1) is 29.5. The number of anilines is 1. The smallest absolute Gasteiger partial charge is 0.323 e. The number of methoxy groups -OCH3 is 1. The maximum atomic E-state index is 15.6. The van der Waals surface area contributed by atoms with Crippen LogP contribution in [-0.4, -0.2) is 81.2 Å². The lowest BCUT2D eigenvalue weighted by atomic mass is 9.99. The lowest BCUT2D eigenvalue weighted by Crippen LogP contribution is -2.48. The Labute approximate surface area is 234 Å². The van der Waals surface area contributed by atoms with Crippen molar-refractivity contribution in [1.82, 2.24) is 24.6 Å². The first-order valence-electron chi connectivity index (χ1n) is 11.9. The van der Waals surface area contributed by atoms with Gasteiger partial charge in [0.15, 0.2) is 29.4 Å². The topological polar surface area (TPSA) is 142 Å². The molecule has 0 amide bonds. The maximum absolute atomic E-state index is 15.6. The Bertz CT molecular complexity index is 1370. The second-order valence-corrected chi connectivity index (χ2v) is 12.2. The largest absolute Gasteiger partial charge is 0.468 e. The Morgan fingerprint density at radius 1 is 1.38 bits per heavy atom. The standard InChI is InChI=1S/C23H29ClFN6O6PS/c1-13(22(33)34-4)30-38(39,37-15-8-6-5-7-9-15)35-11-23(10-24)18(32)16(25)21(36-23)31-12-27-17-19(26-3)28-14(2)29-20(17)31/h5-9,12-13,16,18,21,32H,10-11H2,1-4H3,(H,30,39)(H,26,28,29)/t13-,16+,18+,21-,23-,38-/m1/s1. The van der Waals surface area contributed by atoms with Gasteiger partial charge in [-0.3, -0.25) is 9.36 Å². The highest BCUT2D eigenvalue weighted by atomic mass is 35.5. The van der Waals surface area contributed by atoms with Crippen molar-refractivity contribution >= 4 is 53.0 Å². The van der Waals surface area contributed by atoms with Crippen LogP contribution >= 0.6 is 18.2 Å². The number of hydrogen-bond donors (Lipinski definition) is 3. The fraction of sp³-hybridized carbons (Fsp3) is 0.478. The zero-order chi connectivity index (χ0) is 28.4. The van der Waals surface area contributed by atoms with Crippen LogP contribution in [0, 0.1) is 6.92 Å². The fourth-order valence-electron chi connectivity index (χ4n) is 4.06. The molecule has 1 aliphatic heterocycles. The molecule has 0 saturated carbocycles. The Hall–Kier alpha value is -2.45. The lowest BCUT2D eigenvalue weighted by molar-refractivity contribution is -0.142. The molecule has 0 aliphatic carbocycles. The van der Waals surface area contributed by atoms with Crippen LogP contribution in [0.1, 0.15) is 19.0 Å². The van der Waals surface area contributed by atoms with Crippen molar-refractivity contribution in [3.63, 3.8) is 0 Å². The van der Waals surface area contributed by atoms with Crippen LogP contribution in [0.3, 0.4) is 0 Å². The molecule has 1 aromatic carbocycles. The van der Waals surface area contributed by atoms with Crippen molar-refractivity contribution < 1.29 is 32.8 Å². The maximum Gasteiger partial charge on any atom is 0.323 e. The number of aliphatic hydroxyl groups excluding tert-OH is 1. The molecule has 212 valence electrons. The monoisotopic (exact) mass is 602 g/mol. The first-order valence-corrected chi connectivity index (χ1v) is 15.0. The van der Waals surface area contributed by atoms with E-state index in [2.05, 4.69) is 25.4 Å².